The molecular weight excluding hydrogens is 1210 g/mol. The minimum atomic E-state index is -0.911. The summed E-state index contributed by atoms with van der Waals surface area (Å²) in [5, 5.41) is 5.80. The number of nitrogens with one attached hydrogen (secondary N) is 2. The number of carbonyl (C=O) groups is 4. The molecule has 11 rings (SSSR count). The van der Waals surface area contributed by atoms with Crippen LogP contribution >= 0.6 is 0 Å². The van der Waals surface area contributed by atoms with Crippen molar-refractivity contribution >= 4 is 58.6 Å². The van der Waals surface area contributed by atoms with Gasteiger partial charge < -0.3 is 58.4 Å². The summed E-state index contributed by atoms with van der Waals surface area (Å²) in [6.45, 7) is 19.7. The Hall–Kier alpha value is -5.69. The van der Waals surface area contributed by atoms with Crippen LogP contribution in [0.15, 0.2) is 36.4 Å². The van der Waals surface area contributed by atoms with Crippen molar-refractivity contribution in [2.75, 3.05) is 27.3 Å². The largest absolute Gasteiger partial charge is 0.540 e. The number of benzene rings is 2. The van der Waals surface area contributed by atoms with Crippen LogP contribution in [0.4, 0.5) is 9.59 Å². The summed E-state index contributed by atoms with van der Waals surface area (Å²) in [6.07, 6.45) is 15.7. The van der Waals surface area contributed by atoms with Crippen LogP contribution in [-0.2, 0) is 78.6 Å². The van der Waals surface area contributed by atoms with Crippen molar-refractivity contribution < 1.29 is 94.3 Å². The molecule has 12 atom stereocenters. The van der Waals surface area contributed by atoms with Crippen LogP contribution in [0.2, 0.25) is 0 Å². The standard InChI is InChI=1S/C34H45N4O6.C33H45N4O6.2V/c1-6-23-27(19-39)38-18-28(23)43-30-25(35-24-15-14-22(42-5)16-26(24)36-30)11-9-7-8-10-21-17-34(21,20-12-13-20)44-32(41)37-29(31(38)40)33(2,3)4;1-19(2)33-16-21(33)11-9-8-10-12-24-29(35-25-15-22(41-7)13-14-23(25)34-24)42-27-17-37(26(18-38)20(27)3)30(39)28(32(4,5)6)36-31(40)43-33;;/h14-16,20-21,23,27-29H,6-13,17-18H2,1-5H3,(H,37,41);13-15,19-21,26-28H,8-12,16-17H2,1-7H3,(H,36,40);;/q2*-1;;/t21-,23+,27-,28+,29-,34?;20-,21+,26+,27-,28+,33?;;/m10../s1. The first-order valence-electron chi connectivity index (χ1n) is 31.8. The van der Waals surface area contributed by atoms with Crippen LogP contribution < -0.4 is 29.6 Å². The zero-order valence-corrected chi connectivity index (χ0v) is 56.7. The Morgan fingerprint density at radius 3 is 1.57 bits per heavy atom. The Kier molecular flexibility index (Phi) is 21.8. The van der Waals surface area contributed by atoms with Crippen molar-refractivity contribution in [2.24, 2.45) is 46.3 Å². The van der Waals surface area contributed by atoms with E-state index < -0.39 is 70.6 Å². The Morgan fingerprint density at radius 2 is 1.10 bits per heavy atom. The van der Waals surface area contributed by atoms with Gasteiger partial charge in [0.2, 0.25) is 23.6 Å². The molecule has 3 saturated carbocycles. The van der Waals surface area contributed by atoms with Crippen LogP contribution in [0.1, 0.15) is 164 Å². The molecule has 4 aliphatic heterocycles. The van der Waals surface area contributed by atoms with Gasteiger partial charge in [-0.3, -0.25) is 9.59 Å². The molecule has 6 heterocycles. The van der Waals surface area contributed by atoms with Crippen molar-refractivity contribution in [1.82, 2.24) is 40.4 Å². The smallest absolute Gasteiger partial charge is 0.408 e. The molecule has 2 N–H and O–H groups in total. The third-order valence-corrected chi connectivity index (χ3v) is 19.7. The molecule has 0 spiro atoms. The fourth-order valence-electron chi connectivity index (χ4n) is 14.1. The van der Waals surface area contributed by atoms with Crippen molar-refractivity contribution in [3.8, 4) is 23.3 Å². The Labute approximate surface area is 548 Å². The number of rotatable bonds is 7. The number of ether oxygens (including phenoxy) is 6. The maximum atomic E-state index is 14.2. The number of fused-ring (bicyclic) bond motifs is 10. The fourth-order valence-corrected chi connectivity index (χ4v) is 14.1. The molecule has 2 radical (unpaired) electrons. The molecule has 3 aliphatic carbocycles. The number of aryl methyl sites for hydroxylation is 2. The number of hydrogen-bond donors (Lipinski definition) is 2. The summed E-state index contributed by atoms with van der Waals surface area (Å²) in [6, 6.07) is 7.73. The normalized spacial score (nSPS) is 30.2. The van der Waals surface area contributed by atoms with E-state index in [4.69, 9.17) is 48.4 Å². The average Bonchev–Trinajstić information content (AvgIpc) is 1.68. The number of hydrogen-bond acceptors (Lipinski definition) is 16. The summed E-state index contributed by atoms with van der Waals surface area (Å²) < 4.78 is 36.2. The van der Waals surface area contributed by atoms with Crippen molar-refractivity contribution in [2.45, 2.75) is 213 Å². The topological polar surface area (TPSA) is 240 Å². The molecular formula is C67H90N8O12V2-2. The molecule has 20 nitrogen and oxygen atoms in total. The molecule has 2 aromatic carbocycles. The van der Waals surface area contributed by atoms with E-state index >= 15 is 0 Å². The SMILES string of the molecule is CC[C@@H]1[C@@H]2CN(C(=O)[C@H](C(C)(C)C)NC(=O)OC3(C4CC4)C[C@H]3CCCCCc3nc4ccc(OC)cc4nc3O2)[C@@H]1[C-]=O.COc1ccc2nc3c(nc2c1)O[C@H]1CN(C(=O)[C@H](C(C)(C)C)NC(=O)OC2(C(C)C)C[C@H]2CCCCC3)[C@H]([C-]=O)[C@@H]1C.[V].[V]. The van der Waals surface area contributed by atoms with Crippen LogP contribution in [0.5, 0.6) is 23.3 Å². The predicted molar refractivity (Wildman–Crippen MR) is 326 cm³/mol. The van der Waals surface area contributed by atoms with Gasteiger partial charge in [-0.2, -0.15) is 0 Å². The molecule has 2 aromatic heterocycles. The van der Waals surface area contributed by atoms with Gasteiger partial charge in [0.25, 0.3) is 0 Å². The summed E-state index contributed by atoms with van der Waals surface area (Å²) in [4.78, 5) is 102. The molecule has 7 aliphatic rings. The zero-order chi connectivity index (χ0) is 62.3. The summed E-state index contributed by atoms with van der Waals surface area (Å²) in [5.41, 5.74) is 2.13. The predicted octanol–water partition coefficient (Wildman–Crippen LogP) is 10.2. The number of aromatic nitrogens is 4. The van der Waals surface area contributed by atoms with E-state index in [0.29, 0.717) is 65.4 Å². The van der Waals surface area contributed by atoms with Gasteiger partial charge in [-0.1, -0.05) is 113 Å². The van der Waals surface area contributed by atoms with Gasteiger partial charge >= 0.3 is 12.2 Å². The first-order chi connectivity index (χ1) is 41.4. The quantitative estimate of drug-likeness (QED) is 0.164. The summed E-state index contributed by atoms with van der Waals surface area (Å²) in [7, 11) is 3.22. The Balaban J connectivity index is 0.000000225. The van der Waals surface area contributed by atoms with E-state index in [1.165, 1.54) is 9.80 Å². The average molecular weight is 1300 g/mol. The fraction of sp³-hybridized carbons (Fsp3) is 0.672. The monoisotopic (exact) mass is 1300 g/mol. The third-order valence-electron chi connectivity index (χ3n) is 19.7. The molecule has 4 amide bonds. The first kappa shape index (κ1) is 69.2. The van der Waals surface area contributed by atoms with Crippen LogP contribution in [-0.4, -0.2) is 141 Å². The second kappa shape index (κ2) is 28.0. The van der Waals surface area contributed by atoms with E-state index in [1.807, 2.05) is 91.8 Å². The van der Waals surface area contributed by atoms with Gasteiger partial charge in [0.15, 0.2) is 0 Å². The summed E-state index contributed by atoms with van der Waals surface area (Å²) >= 11 is 0. The second-order valence-electron chi connectivity index (χ2n) is 28.0. The second-order valence-corrected chi connectivity index (χ2v) is 28.0. The molecule has 22 heteroatoms. The first-order valence-corrected chi connectivity index (χ1v) is 31.8. The molecule has 482 valence electrons. The van der Waals surface area contributed by atoms with Crippen LogP contribution in [0.25, 0.3) is 22.1 Å². The zero-order valence-electron chi connectivity index (χ0n) is 53.9. The summed E-state index contributed by atoms with van der Waals surface area (Å²) in [5.74, 6) is 2.00. The number of methoxy groups -OCH3 is 2. The number of alkyl carbamates (subject to hydrolysis) is 2. The Morgan fingerprint density at radius 1 is 0.618 bits per heavy atom. The molecule has 5 fully saturated rings. The van der Waals surface area contributed by atoms with E-state index in [9.17, 15) is 28.8 Å². The maximum absolute atomic E-state index is 14.2. The Bertz CT molecular complexity index is 3230. The minimum Gasteiger partial charge on any atom is -0.540 e. The maximum Gasteiger partial charge on any atom is 0.408 e. The van der Waals surface area contributed by atoms with Crippen molar-refractivity contribution in [1.29, 1.82) is 0 Å². The van der Waals surface area contributed by atoms with Gasteiger partial charge in [0.05, 0.1) is 49.4 Å². The number of nitrogens with zero attached hydrogens (tertiary/aromatic N) is 6. The molecule has 4 bridgehead atoms. The van der Waals surface area contributed by atoms with E-state index in [1.54, 1.807) is 14.2 Å². The minimum absolute atomic E-state index is 0. The van der Waals surface area contributed by atoms with Gasteiger partial charge in [0, 0.05) is 61.1 Å². The number of carbonyl (C=O) groups excluding carboxylic acids is 6. The molecule has 89 heavy (non-hydrogen) atoms. The van der Waals surface area contributed by atoms with Gasteiger partial charge in [-0.05, 0) is 123 Å². The van der Waals surface area contributed by atoms with E-state index in [2.05, 4.69) is 37.1 Å². The molecule has 2 unspecified atom stereocenters. The molecule has 4 aromatic rings. The number of amides is 4. The van der Waals surface area contributed by atoms with Crippen molar-refractivity contribution in [3.63, 3.8) is 0 Å². The van der Waals surface area contributed by atoms with Gasteiger partial charge in [0.1, 0.15) is 58.4 Å². The van der Waals surface area contributed by atoms with Crippen LogP contribution in [0.3, 0.4) is 0 Å². The molecule has 2 saturated heterocycles. The van der Waals surface area contributed by atoms with Crippen molar-refractivity contribution in [3.05, 3.63) is 47.8 Å². The van der Waals surface area contributed by atoms with Gasteiger partial charge in [-0.25, -0.2) is 42.1 Å². The van der Waals surface area contributed by atoms with E-state index in [0.717, 1.165) is 99.5 Å². The van der Waals surface area contributed by atoms with E-state index in [-0.39, 0.29) is 85.7 Å². The van der Waals surface area contributed by atoms with Crippen LogP contribution in [0, 0.1) is 46.3 Å². The third kappa shape index (κ3) is 14.8. The van der Waals surface area contributed by atoms with Gasteiger partial charge in [-0.15, -0.1) is 0 Å².